The summed E-state index contributed by atoms with van der Waals surface area (Å²) < 4.78 is 21.2. The van der Waals surface area contributed by atoms with E-state index in [-0.39, 0.29) is 17.7 Å². The van der Waals surface area contributed by atoms with Crippen LogP contribution < -0.4 is 16.2 Å². The van der Waals surface area contributed by atoms with E-state index in [2.05, 4.69) is 5.32 Å². The van der Waals surface area contributed by atoms with E-state index < -0.39 is 10.0 Å². The van der Waals surface area contributed by atoms with Crippen molar-refractivity contribution in [1.82, 2.24) is 5.32 Å². The lowest BCUT2D eigenvalue weighted by Gasteiger charge is -2.10. The number of carbonyl (C=O) groups excluding carboxylic acids is 1. The number of rotatable bonds is 7. The van der Waals surface area contributed by atoms with E-state index in [1.807, 2.05) is 0 Å². The van der Waals surface area contributed by atoms with Gasteiger partial charge in [-0.1, -0.05) is 0 Å². The zero-order valence-corrected chi connectivity index (χ0v) is 10.0. The van der Waals surface area contributed by atoms with Crippen LogP contribution in [0.25, 0.3) is 0 Å². The molecule has 1 unspecified atom stereocenters. The summed E-state index contributed by atoms with van der Waals surface area (Å²) in [5, 5.41) is 7.45. The van der Waals surface area contributed by atoms with Crippen molar-refractivity contribution in [3.63, 3.8) is 0 Å². The topological polar surface area (TPSA) is 115 Å². The molecule has 16 heavy (non-hydrogen) atoms. The fourth-order valence-corrected chi connectivity index (χ4v) is 2.03. The molecule has 0 heterocycles. The summed E-state index contributed by atoms with van der Waals surface area (Å²) in [6.07, 6.45) is 2.88. The number of primary sulfonamides is 1. The average molecular weight is 249 g/mol. The molecule has 0 aromatic heterocycles. The molecular formula is C9H19N3O3S. The Kier molecular flexibility index (Phi) is 4.69. The molecule has 7 heteroatoms. The molecule has 1 fully saturated rings. The summed E-state index contributed by atoms with van der Waals surface area (Å²) in [6.45, 7) is 0.326. The van der Waals surface area contributed by atoms with Crippen LogP contribution in [0, 0.1) is 5.92 Å². The lowest BCUT2D eigenvalue weighted by Crippen LogP contribution is -2.34. The molecule has 5 N–H and O–H groups in total. The highest BCUT2D eigenvalue weighted by Crippen LogP contribution is 2.32. The third-order valence-electron chi connectivity index (χ3n) is 2.58. The maximum atomic E-state index is 11.3. The zero-order chi connectivity index (χ0) is 12.2. The molecule has 0 bridgehead atoms. The van der Waals surface area contributed by atoms with Gasteiger partial charge in [-0.15, -0.1) is 0 Å². The van der Waals surface area contributed by atoms with E-state index in [0.717, 1.165) is 12.8 Å². The molecule has 0 spiro atoms. The minimum Gasteiger partial charge on any atom is -0.356 e. The minimum absolute atomic E-state index is 0.0572. The molecule has 1 rings (SSSR count). The van der Waals surface area contributed by atoms with Crippen LogP contribution in [0.5, 0.6) is 0 Å². The number of nitrogens with two attached hydrogens (primary N) is 2. The van der Waals surface area contributed by atoms with E-state index >= 15 is 0 Å². The molecule has 0 radical (unpaired) electrons. The molecule has 0 aromatic carbocycles. The van der Waals surface area contributed by atoms with Crippen LogP contribution in [0.15, 0.2) is 0 Å². The van der Waals surface area contributed by atoms with Gasteiger partial charge in [0.25, 0.3) is 0 Å². The van der Waals surface area contributed by atoms with Crippen molar-refractivity contribution in [3.8, 4) is 0 Å². The Morgan fingerprint density at radius 3 is 2.56 bits per heavy atom. The third-order valence-corrected chi connectivity index (χ3v) is 3.43. The quantitative estimate of drug-likeness (QED) is 0.497. The zero-order valence-electron chi connectivity index (χ0n) is 9.19. The van der Waals surface area contributed by atoms with Gasteiger partial charge in [0.2, 0.25) is 15.9 Å². The van der Waals surface area contributed by atoms with E-state index in [1.54, 1.807) is 0 Å². The Bertz CT molecular complexity index is 338. The summed E-state index contributed by atoms with van der Waals surface area (Å²) in [7, 11) is -3.42. The van der Waals surface area contributed by atoms with Crippen LogP contribution >= 0.6 is 0 Å². The monoisotopic (exact) mass is 249 g/mol. The van der Waals surface area contributed by atoms with E-state index in [1.165, 1.54) is 0 Å². The van der Waals surface area contributed by atoms with Crippen molar-refractivity contribution in [2.45, 2.75) is 31.7 Å². The van der Waals surface area contributed by atoms with E-state index in [4.69, 9.17) is 10.9 Å². The first-order valence-corrected chi connectivity index (χ1v) is 7.13. The summed E-state index contributed by atoms with van der Waals surface area (Å²) in [5.41, 5.74) is 5.78. The van der Waals surface area contributed by atoms with Crippen LogP contribution in [0.3, 0.4) is 0 Å². The average Bonchev–Trinajstić information content (AvgIpc) is 2.93. The van der Waals surface area contributed by atoms with Crippen molar-refractivity contribution in [3.05, 3.63) is 0 Å². The van der Waals surface area contributed by atoms with Crippen LogP contribution in [-0.4, -0.2) is 32.7 Å². The standard InChI is InChI=1S/C9H19N3O3S/c10-8(7-2-3-7)6-9(13)12-4-1-5-16(11,14)15/h7-8H,1-6,10H2,(H,12,13)(H2,11,14,15). The molecule has 1 saturated carbocycles. The maximum absolute atomic E-state index is 11.3. The van der Waals surface area contributed by atoms with Gasteiger partial charge in [0.1, 0.15) is 0 Å². The van der Waals surface area contributed by atoms with E-state index in [9.17, 15) is 13.2 Å². The Morgan fingerprint density at radius 2 is 2.06 bits per heavy atom. The van der Waals surface area contributed by atoms with Crippen molar-refractivity contribution in [1.29, 1.82) is 0 Å². The van der Waals surface area contributed by atoms with Crippen LogP contribution in [0.2, 0.25) is 0 Å². The highest BCUT2D eigenvalue weighted by atomic mass is 32.2. The van der Waals surface area contributed by atoms with E-state index in [0.29, 0.717) is 25.3 Å². The lowest BCUT2D eigenvalue weighted by molar-refractivity contribution is -0.121. The second-order valence-electron chi connectivity index (χ2n) is 4.28. The van der Waals surface area contributed by atoms with Crippen molar-refractivity contribution < 1.29 is 13.2 Å². The van der Waals surface area contributed by atoms with Gasteiger partial charge in [-0.05, 0) is 25.2 Å². The number of hydrogen-bond donors (Lipinski definition) is 3. The predicted octanol–water partition coefficient (Wildman–Crippen LogP) is -1.09. The van der Waals surface area contributed by atoms with Crippen LogP contribution in [0.4, 0.5) is 0 Å². The minimum atomic E-state index is -3.42. The molecule has 1 aliphatic carbocycles. The smallest absolute Gasteiger partial charge is 0.221 e. The number of hydrogen-bond acceptors (Lipinski definition) is 4. The molecule has 94 valence electrons. The number of sulfonamides is 1. The molecular weight excluding hydrogens is 230 g/mol. The van der Waals surface area contributed by atoms with Gasteiger partial charge >= 0.3 is 0 Å². The Morgan fingerprint density at radius 1 is 1.44 bits per heavy atom. The van der Waals surface area contributed by atoms with Crippen molar-refractivity contribution in [2.24, 2.45) is 16.8 Å². The molecule has 1 amide bonds. The summed E-state index contributed by atoms with van der Waals surface area (Å²) in [5.74, 6) is 0.270. The highest BCUT2D eigenvalue weighted by molar-refractivity contribution is 7.89. The Labute approximate surface area is 95.8 Å². The number of nitrogens with one attached hydrogen (secondary N) is 1. The summed E-state index contributed by atoms with van der Waals surface area (Å²) in [4.78, 5) is 11.3. The molecule has 1 aliphatic rings. The fourth-order valence-electron chi connectivity index (χ4n) is 1.48. The molecule has 0 aromatic rings. The second kappa shape index (κ2) is 5.60. The van der Waals surface area contributed by atoms with Gasteiger partial charge < -0.3 is 11.1 Å². The first-order valence-electron chi connectivity index (χ1n) is 5.41. The van der Waals surface area contributed by atoms with Crippen molar-refractivity contribution in [2.75, 3.05) is 12.3 Å². The highest BCUT2D eigenvalue weighted by Gasteiger charge is 2.29. The predicted molar refractivity (Wildman–Crippen MR) is 60.9 cm³/mol. The second-order valence-corrected chi connectivity index (χ2v) is 6.01. The Balaban J connectivity index is 2.06. The van der Waals surface area contributed by atoms with Gasteiger partial charge in [-0.2, -0.15) is 0 Å². The van der Waals surface area contributed by atoms with Crippen LogP contribution in [0.1, 0.15) is 25.7 Å². The number of carbonyl (C=O) groups is 1. The first kappa shape index (κ1) is 13.4. The van der Waals surface area contributed by atoms with Gasteiger partial charge in [0, 0.05) is 19.0 Å². The van der Waals surface area contributed by atoms with Gasteiger partial charge in [0.15, 0.2) is 0 Å². The third kappa shape index (κ3) is 6.04. The molecule has 6 nitrogen and oxygen atoms in total. The summed E-state index contributed by atoms with van der Waals surface area (Å²) in [6, 6.07) is -0.0572. The first-order chi connectivity index (χ1) is 7.38. The SMILES string of the molecule is NC(CC(=O)NCCCS(N)(=O)=O)C1CC1. The molecule has 0 saturated heterocycles. The van der Waals surface area contributed by atoms with Gasteiger partial charge in [-0.25, -0.2) is 13.6 Å². The molecule has 1 atom stereocenters. The van der Waals surface area contributed by atoms with Crippen LogP contribution in [-0.2, 0) is 14.8 Å². The molecule has 0 aliphatic heterocycles. The summed E-state index contributed by atoms with van der Waals surface area (Å²) >= 11 is 0. The Hall–Kier alpha value is -0.660. The number of amides is 1. The van der Waals surface area contributed by atoms with Gasteiger partial charge in [0.05, 0.1) is 5.75 Å². The van der Waals surface area contributed by atoms with Crippen molar-refractivity contribution >= 4 is 15.9 Å². The lowest BCUT2D eigenvalue weighted by atomic mass is 10.1. The maximum Gasteiger partial charge on any atom is 0.221 e. The largest absolute Gasteiger partial charge is 0.356 e. The van der Waals surface area contributed by atoms with Gasteiger partial charge in [-0.3, -0.25) is 4.79 Å². The fraction of sp³-hybridized carbons (Fsp3) is 0.889. The normalized spacial score (nSPS) is 18.1.